The van der Waals surface area contributed by atoms with Crippen molar-refractivity contribution in [2.75, 3.05) is 0 Å². The maximum absolute atomic E-state index is 6.75. The number of para-hydroxylation sites is 1. The van der Waals surface area contributed by atoms with Crippen molar-refractivity contribution in [2.24, 2.45) is 10.7 Å². The molecule has 2 heterocycles. The Morgan fingerprint density at radius 3 is 2.80 bits per heavy atom. The van der Waals surface area contributed by atoms with Gasteiger partial charge in [-0.3, -0.25) is 15.3 Å². The predicted molar refractivity (Wildman–Crippen MR) is 81.2 cm³/mol. The number of rotatable bonds is 3. The second kappa shape index (κ2) is 5.32. The molecule has 4 nitrogen and oxygen atoms in total. The number of nitrogens with one attached hydrogen (secondary N) is 1. The molecule has 2 aromatic rings. The van der Waals surface area contributed by atoms with Crippen molar-refractivity contribution in [1.82, 2.24) is 10.3 Å². The first-order chi connectivity index (χ1) is 9.70. The maximum Gasteiger partial charge on any atom is 0.142 e. The predicted octanol–water partition coefficient (Wildman–Crippen LogP) is 2.31. The van der Waals surface area contributed by atoms with E-state index in [4.69, 9.17) is 17.3 Å². The molecule has 5 heteroatoms. The van der Waals surface area contributed by atoms with Crippen molar-refractivity contribution >= 4 is 23.5 Å². The van der Waals surface area contributed by atoms with Crippen LogP contribution in [0.15, 0.2) is 53.7 Å². The van der Waals surface area contributed by atoms with Gasteiger partial charge in [0.05, 0.1) is 17.4 Å². The van der Waals surface area contributed by atoms with Gasteiger partial charge in [0, 0.05) is 24.5 Å². The minimum Gasteiger partial charge on any atom is -0.320 e. The molecule has 1 aliphatic heterocycles. The zero-order valence-electron chi connectivity index (χ0n) is 10.8. The number of hydrogen-bond donors (Lipinski definition) is 2. The molecule has 1 aromatic heterocycles. The lowest BCUT2D eigenvalue weighted by Gasteiger charge is -2.35. The van der Waals surface area contributed by atoms with Crippen LogP contribution < -0.4 is 11.1 Å². The molecule has 2 atom stereocenters. The fourth-order valence-electron chi connectivity index (χ4n) is 2.27. The average Bonchev–Trinajstić information content (AvgIpc) is 2.51. The van der Waals surface area contributed by atoms with Crippen LogP contribution in [0.3, 0.4) is 0 Å². The van der Waals surface area contributed by atoms with Gasteiger partial charge in [0.2, 0.25) is 0 Å². The summed E-state index contributed by atoms with van der Waals surface area (Å²) in [6.07, 6.45) is 3.44. The standard InChI is InChI=1S/C15H15ClN4/c16-15(20-9-11-5-3-4-8-18-11)12-6-1-2-7-13(12)19-10-14(15)17/h1-8,10,14,20H,9,17H2. The topological polar surface area (TPSA) is 63.3 Å². The Labute approximate surface area is 122 Å². The molecule has 0 saturated heterocycles. The Morgan fingerprint density at radius 2 is 2.00 bits per heavy atom. The summed E-state index contributed by atoms with van der Waals surface area (Å²) in [4.78, 5) is 7.75. The van der Waals surface area contributed by atoms with Crippen LogP contribution in [0.4, 0.5) is 5.69 Å². The molecule has 1 aliphatic rings. The smallest absolute Gasteiger partial charge is 0.142 e. The number of pyridine rings is 1. The summed E-state index contributed by atoms with van der Waals surface area (Å²) in [6.45, 7) is 0.542. The number of alkyl halides is 1. The summed E-state index contributed by atoms with van der Waals surface area (Å²) in [5.41, 5.74) is 8.79. The third-order valence-electron chi connectivity index (χ3n) is 3.38. The van der Waals surface area contributed by atoms with Gasteiger partial charge in [-0.15, -0.1) is 0 Å². The van der Waals surface area contributed by atoms with E-state index in [1.807, 2.05) is 42.5 Å². The molecule has 0 spiro atoms. The highest BCUT2D eigenvalue weighted by Gasteiger charge is 2.39. The minimum atomic E-state index is -0.865. The minimum absolute atomic E-state index is 0.400. The van der Waals surface area contributed by atoms with E-state index >= 15 is 0 Å². The molecule has 0 radical (unpaired) electrons. The van der Waals surface area contributed by atoms with Crippen LogP contribution in [0.5, 0.6) is 0 Å². The number of aliphatic imine (C=N–C) groups is 1. The van der Waals surface area contributed by atoms with E-state index in [1.165, 1.54) is 0 Å². The van der Waals surface area contributed by atoms with E-state index < -0.39 is 11.0 Å². The number of nitrogens with two attached hydrogens (primary N) is 1. The summed E-state index contributed by atoms with van der Waals surface area (Å²) < 4.78 is 0. The zero-order valence-corrected chi connectivity index (χ0v) is 11.6. The van der Waals surface area contributed by atoms with E-state index in [0.717, 1.165) is 16.9 Å². The Morgan fingerprint density at radius 1 is 1.20 bits per heavy atom. The first kappa shape index (κ1) is 13.2. The molecular weight excluding hydrogens is 272 g/mol. The zero-order chi connectivity index (χ0) is 14.0. The number of hydrogen-bond acceptors (Lipinski definition) is 4. The second-order valence-electron chi connectivity index (χ2n) is 4.71. The van der Waals surface area contributed by atoms with E-state index in [2.05, 4.69) is 15.3 Å². The fraction of sp³-hybridized carbons (Fsp3) is 0.200. The number of benzene rings is 1. The normalized spacial score (nSPS) is 24.4. The molecule has 20 heavy (non-hydrogen) atoms. The third-order valence-corrected chi connectivity index (χ3v) is 3.97. The van der Waals surface area contributed by atoms with Crippen molar-refractivity contribution in [3.8, 4) is 0 Å². The second-order valence-corrected chi connectivity index (χ2v) is 5.30. The van der Waals surface area contributed by atoms with Crippen LogP contribution >= 0.6 is 11.6 Å². The Kier molecular flexibility index (Phi) is 3.53. The Hall–Kier alpha value is -1.75. The summed E-state index contributed by atoms with van der Waals surface area (Å²) in [6, 6.07) is 13.1. The number of halogens is 1. The van der Waals surface area contributed by atoms with Gasteiger partial charge in [-0.2, -0.15) is 0 Å². The first-order valence-electron chi connectivity index (χ1n) is 6.43. The van der Waals surface area contributed by atoms with Crippen LogP contribution in [0.25, 0.3) is 0 Å². The lowest BCUT2D eigenvalue weighted by Crippen LogP contribution is -2.53. The molecular formula is C15H15ClN4. The Balaban J connectivity index is 1.88. The quantitative estimate of drug-likeness (QED) is 0.672. The van der Waals surface area contributed by atoms with Gasteiger partial charge < -0.3 is 5.73 Å². The number of aromatic nitrogens is 1. The van der Waals surface area contributed by atoms with Crippen LogP contribution in [0.1, 0.15) is 11.3 Å². The molecule has 0 bridgehead atoms. The molecule has 0 fully saturated rings. The number of fused-ring (bicyclic) bond motifs is 1. The SMILES string of the molecule is NC1C=Nc2ccccc2C1(Cl)NCc1ccccn1. The van der Waals surface area contributed by atoms with E-state index in [1.54, 1.807) is 12.4 Å². The lowest BCUT2D eigenvalue weighted by molar-refractivity contribution is 0.439. The molecule has 1 aromatic carbocycles. The average molecular weight is 287 g/mol. The van der Waals surface area contributed by atoms with Crippen LogP contribution in [-0.4, -0.2) is 17.2 Å². The first-order valence-corrected chi connectivity index (χ1v) is 6.81. The van der Waals surface area contributed by atoms with Gasteiger partial charge in [0.25, 0.3) is 0 Å². The van der Waals surface area contributed by atoms with Crippen molar-refractivity contribution in [3.63, 3.8) is 0 Å². The van der Waals surface area contributed by atoms with Gasteiger partial charge in [-0.1, -0.05) is 35.9 Å². The highest BCUT2D eigenvalue weighted by atomic mass is 35.5. The van der Waals surface area contributed by atoms with Gasteiger partial charge in [-0.25, -0.2) is 0 Å². The number of nitrogens with zero attached hydrogens (tertiary/aromatic N) is 2. The third kappa shape index (κ3) is 2.33. The van der Waals surface area contributed by atoms with Crippen LogP contribution in [0, 0.1) is 0 Å². The summed E-state index contributed by atoms with van der Waals surface area (Å²) >= 11 is 6.75. The molecule has 3 rings (SSSR count). The van der Waals surface area contributed by atoms with Crippen molar-refractivity contribution in [1.29, 1.82) is 0 Å². The summed E-state index contributed by atoms with van der Waals surface area (Å²) in [5, 5.41) is 3.31. The lowest BCUT2D eigenvalue weighted by atomic mass is 9.95. The van der Waals surface area contributed by atoms with Gasteiger partial charge >= 0.3 is 0 Å². The molecule has 0 amide bonds. The highest BCUT2D eigenvalue weighted by molar-refractivity contribution is 6.26. The largest absolute Gasteiger partial charge is 0.320 e. The molecule has 0 aliphatic carbocycles. The van der Waals surface area contributed by atoms with E-state index in [9.17, 15) is 0 Å². The highest BCUT2D eigenvalue weighted by Crippen LogP contribution is 2.38. The van der Waals surface area contributed by atoms with E-state index in [-0.39, 0.29) is 0 Å². The summed E-state index contributed by atoms with van der Waals surface area (Å²) in [5.74, 6) is 0. The fourth-order valence-corrected chi connectivity index (χ4v) is 2.55. The van der Waals surface area contributed by atoms with Gasteiger partial charge in [-0.05, 0) is 18.2 Å². The van der Waals surface area contributed by atoms with Gasteiger partial charge in [0.15, 0.2) is 0 Å². The van der Waals surface area contributed by atoms with Crippen molar-refractivity contribution in [2.45, 2.75) is 17.6 Å². The maximum atomic E-state index is 6.75. The van der Waals surface area contributed by atoms with Gasteiger partial charge in [0.1, 0.15) is 5.00 Å². The monoisotopic (exact) mass is 286 g/mol. The molecule has 102 valence electrons. The van der Waals surface area contributed by atoms with Crippen LogP contribution in [0.2, 0.25) is 0 Å². The van der Waals surface area contributed by atoms with Crippen molar-refractivity contribution < 1.29 is 0 Å². The van der Waals surface area contributed by atoms with E-state index in [0.29, 0.717) is 6.54 Å². The summed E-state index contributed by atoms with van der Waals surface area (Å²) in [7, 11) is 0. The van der Waals surface area contributed by atoms with Crippen molar-refractivity contribution in [3.05, 3.63) is 59.9 Å². The molecule has 2 unspecified atom stereocenters. The molecule has 0 saturated carbocycles. The molecule has 3 N–H and O–H groups in total. The Bertz CT molecular complexity index is 629. The van der Waals surface area contributed by atoms with Crippen LogP contribution in [-0.2, 0) is 11.5 Å².